The Hall–Kier alpha value is -2.14. The molecule has 0 radical (unpaired) electrons. The zero-order valence-corrected chi connectivity index (χ0v) is 11.7. The van der Waals surface area contributed by atoms with Crippen molar-refractivity contribution in [3.05, 3.63) is 35.9 Å². The van der Waals surface area contributed by atoms with Crippen LogP contribution in [0, 0.1) is 5.92 Å². The van der Waals surface area contributed by atoms with Gasteiger partial charge in [0, 0.05) is 11.8 Å². The van der Waals surface area contributed by atoms with Gasteiger partial charge in [0.2, 0.25) is 5.91 Å². The number of benzene rings is 1. The summed E-state index contributed by atoms with van der Waals surface area (Å²) in [4.78, 5) is 22.4. The van der Waals surface area contributed by atoms with Gasteiger partial charge in [-0.25, -0.2) is 4.79 Å². The van der Waals surface area contributed by atoms with E-state index in [-0.39, 0.29) is 11.8 Å². The number of hydrogen-bond acceptors (Lipinski definition) is 3. The molecular formula is C15H20N2O3. The van der Waals surface area contributed by atoms with Gasteiger partial charge in [0.25, 0.3) is 0 Å². The molecule has 0 aliphatic carbocycles. The Morgan fingerprint density at radius 1 is 1.45 bits per heavy atom. The molecule has 0 bridgehead atoms. The van der Waals surface area contributed by atoms with E-state index in [1.165, 1.54) is 6.08 Å². The van der Waals surface area contributed by atoms with E-state index in [0.29, 0.717) is 11.3 Å². The van der Waals surface area contributed by atoms with Gasteiger partial charge in [0.05, 0.1) is 6.04 Å². The highest BCUT2D eigenvalue weighted by molar-refractivity contribution is 5.95. The smallest absolute Gasteiger partial charge is 0.328 e. The molecule has 5 heteroatoms. The van der Waals surface area contributed by atoms with Crippen molar-refractivity contribution in [2.75, 3.05) is 5.32 Å². The van der Waals surface area contributed by atoms with E-state index in [9.17, 15) is 9.59 Å². The first-order valence-electron chi connectivity index (χ1n) is 6.51. The number of carbonyl (C=O) groups is 2. The molecule has 0 aliphatic heterocycles. The van der Waals surface area contributed by atoms with Crippen LogP contribution in [-0.4, -0.2) is 23.0 Å². The molecule has 0 spiro atoms. The molecule has 0 heterocycles. The number of amides is 1. The van der Waals surface area contributed by atoms with E-state index in [0.717, 1.165) is 12.5 Å². The van der Waals surface area contributed by atoms with Gasteiger partial charge in [-0.15, -0.1) is 0 Å². The number of nitrogens with two attached hydrogens (primary N) is 1. The lowest BCUT2D eigenvalue weighted by atomic mass is 9.99. The quantitative estimate of drug-likeness (QED) is 0.694. The summed E-state index contributed by atoms with van der Waals surface area (Å²) in [7, 11) is 0. The van der Waals surface area contributed by atoms with Crippen LogP contribution >= 0.6 is 0 Å². The van der Waals surface area contributed by atoms with Gasteiger partial charge in [0.1, 0.15) is 0 Å². The van der Waals surface area contributed by atoms with E-state index < -0.39 is 12.0 Å². The predicted octanol–water partition coefficient (Wildman–Crippen LogP) is 2.10. The summed E-state index contributed by atoms with van der Waals surface area (Å²) in [6.07, 6.45) is 3.34. The molecule has 2 atom stereocenters. The number of nitrogens with one attached hydrogen (secondary N) is 1. The maximum atomic E-state index is 11.9. The minimum absolute atomic E-state index is 0.102. The molecule has 5 nitrogen and oxygen atoms in total. The zero-order valence-electron chi connectivity index (χ0n) is 11.7. The number of hydrogen-bond donors (Lipinski definition) is 3. The maximum Gasteiger partial charge on any atom is 0.328 e. The molecule has 0 aromatic heterocycles. The molecule has 0 fully saturated rings. The average molecular weight is 276 g/mol. The number of anilines is 1. The maximum absolute atomic E-state index is 11.9. The van der Waals surface area contributed by atoms with Crippen LogP contribution in [0.4, 0.5) is 5.69 Å². The molecule has 20 heavy (non-hydrogen) atoms. The van der Waals surface area contributed by atoms with Crippen molar-refractivity contribution in [2.24, 2.45) is 11.7 Å². The van der Waals surface area contributed by atoms with Crippen LogP contribution in [0.1, 0.15) is 25.8 Å². The second-order valence-corrected chi connectivity index (χ2v) is 4.70. The monoisotopic (exact) mass is 276 g/mol. The molecule has 1 amide bonds. The third-order valence-electron chi connectivity index (χ3n) is 3.13. The van der Waals surface area contributed by atoms with Crippen LogP contribution < -0.4 is 11.1 Å². The van der Waals surface area contributed by atoms with E-state index in [2.05, 4.69) is 5.32 Å². The Bertz CT molecular complexity index is 512. The molecule has 4 N–H and O–H groups in total. The molecule has 0 saturated carbocycles. The van der Waals surface area contributed by atoms with Crippen LogP contribution in [0.5, 0.6) is 0 Å². The van der Waals surface area contributed by atoms with Crippen LogP contribution in [0.3, 0.4) is 0 Å². The van der Waals surface area contributed by atoms with E-state index in [1.54, 1.807) is 24.3 Å². The van der Waals surface area contributed by atoms with Crippen LogP contribution in [0.2, 0.25) is 0 Å². The number of rotatable bonds is 6. The van der Waals surface area contributed by atoms with Gasteiger partial charge in [-0.1, -0.05) is 32.4 Å². The summed E-state index contributed by atoms with van der Waals surface area (Å²) in [6, 6.07) is 6.37. The lowest BCUT2D eigenvalue weighted by molar-refractivity contribution is -0.131. The molecule has 1 aromatic rings. The minimum atomic E-state index is -1.02. The number of aliphatic carboxylic acids is 1. The van der Waals surface area contributed by atoms with Crippen molar-refractivity contribution in [2.45, 2.75) is 26.3 Å². The van der Waals surface area contributed by atoms with E-state index in [1.807, 2.05) is 13.8 Å². The summed E-state index contributed by atoms with van der Waals surface area (Å²) < 4.78 is 0. The third-order valence-corrected chi connectivity index (χ3v) is 3.13. The molecule has 1 rings (SSSR count). The van der Waals surface area contributed by atoms with Gasteiger partial charge in [-0.3, -0.25) is 4.79 Å². The Morgan fingerprint density at radius 3 is 2.75 bits per heavy atom. The minimum Gasteiger partial charge on any atom is -0.478 e. The summed E-state index contributed by atoms with van der Waals surface area (Å²) in [6.45, 7) is 3.91. The van der Waals surface area contributed by atoms with Gasteiger partial charge < -0.3 is 16.2 Å². The fraction of sp³-hybridized carbons (Fsp3) is 0.333. The van der Waals surface area contributed by atoms with Crippen molar-refractivity contribution >= 4 is 23.6 Å². The summed E-state index contributed by atoms with van der Waals surface area (Å²) in [5.74, 6) is -1.15. The molecule has 108 valence electrons. The first-order valence-corrected chi connectivity index (χ1v) is 6.51. The van der Waals surface area contributed by atoms with E-state index in [4.69, 9.17) is 10.8 Å². The lowest BCUT2D eigenvalue weighted by Crippen LogP contribution is -2.40. The van der Waals surface area contributed by atoms with E-state index >= 15 is 0 Å². The molecule has 0 aliphatic rings. The third kappa shape index (κ3) is 4.85. The first kappa shape index (κ1) is 15.9. The van der Waals surface area contributed by atoms with Gasteiger partial charge >= 0.3 is 5.97 Å². The predicted molar refractivity (Wildman–Crippen MR) is 79.2 cm³/mol. The SMILES string of the molecule is CCC(C)C(N)C(=O)Nc1cccc(/C=C/C(=O)O)c1. The normalized spacial score (nSPS) is 13.9. The van der Waals surface area contributed by atoms with Crippen molar-refractivity contribution in [1.82, 2.24) is 0 Å². The Labute approximate surface area is 118 Å². The standard InChI is InChI=1S/C15H20N2O3/c1-3-10(2)14(16)15(20)17-12-6-4-5-11(9-12)7-8-13(18)19/h4-10,14H,3,16H2,1-2H3,(H,17,20)(H,18,19)/b8-7+. The van der Waals surface area contributed by atoms with Gasteiger partial charge in [-0.05, 0) is 29.7 Å². The largest absolute Gasteiger partial charge is 0.478 e. The van der Waals surface area contributed by atoms with Crippen LogP contribution in [0.15, 0.2) is 30.3 Å². The van der Waals surface area contributed by atoms with Crippen molar-refractivity contribution in [3.8, 4) is 0 Å². The highest BCUT2D eigenvalue weighted by atomic mass is 16.4. The Morgan fingerprint density at radius 2 is 2.15 bits per heavy atom. The topological polar surface area (TPSA) is 92.4 Å². The number of carboxylic acids is 1. The van der Waals surface area contributed by atoms with Crippen molar-refractivity contribution in [1.29, 1.82) is 0 Å². The Kier molecular flexibility index (Phi) is 5.93. The summed E-state index contributed by atoms with van der Waals surface area (Å²) >= 11 is 0. The number of carboxylic acid groups (broad SMARTS) is 1. The molecule has 0 saturated heterocycles. The van der Waals surface area contributed by atoms with Gasteiger partial charge in [-0.2, -0.15) is 0 Å². The van der Waals surface area contributed by atoms with Crippen molar-refractivity contribution < 1.29 is 14.7 Å². The fourth-order valence-electron chi connectivity index (χ4n) is 1.63. The molecule has 1 aromatic carbocycles. The second-order valence-electron chi connectivity index (χ2n) is 4.70. The first-order chi connectivity index (χ1) is 9.43. The second kappa shape index (κ2) is 7.45. The lowest BCUT2D eigenvalue weighted by Gasteiger charge is -2.17. The fourth-order valence-corrected chi connectivity index (χ4v) is 1.63. The molecular weight excluding hydrogens is 256 g/mol. The van der Waals surface area contributed by atoms with Gasteiger partial charge in [0.15, 0.2) is 0 Å². The molecule has 2 unspecified atom stereocenters. The zero-order chi connectivity index (χ0) is 15.1. The Balaban J connectivity index is 2.76. The van der Waals surface area contributed by atoms with Crippen molar-refractivity contribution in [3.63, 3.8) is 0 Å². The summed E-state index contributed by atoms with van der Waals surface area (Å²) in [5.41, 5.74) is 7.15. The average Bonchev–Trinajstić information content (AvgIpc) is 2.43. The highest BCUT2D eigenvalue weighted by Gasteiger charge is 2.19. The van der Waals surface area contributed by atoms with Crippen LogP contribution in [-0.2, 0) is 9.59 Å². The van der Waals surface area contributed by atoms with Crippen LogP contribution in [0.25, 0.3) is 6.08 Å². The highest BCUT2D eigenvalue weighted by Crippen LogP contribution is 2.14. The number of carbonyl (C=O) groups excluding carboxylic acids is 1. The summed E-state index contributed by atoms with van der Waals surface area (Å²) in [5, 5.41) is 11.3.